The topological polar surface area (TPSA) is 65.6 Å². The van der Waals surface area contributed by atoms with Gasteiger partial charge < -0.3 is 25.2 Å². The zero-order valence-electron chi connectivity index (χ0n) is 16.9. The summed E-state index contributed by atoms with van der Waals surface area (Å²) in [6.45, 7) is 13.9. The highest BCUT2D eigenvalue weighted by Gasteiger charge is 2.25. The zero-order chi connectivity index (χ0) is 19.4. The van der Waals surface area contributed by atoms with Crippen molar-refractivity contribution < 1.29 is 4.74 Å². The minimum absolute atomic E-state index is 0.260. The third kappa shape index (κ3) is 5.65. The lowest BCUT2D eigenvalue weighted by molar-refractivity contribution is 0.122. The molecule has 0 unspecified atom stereocenters. The van der Waals surface area contributed by atoms with Crippen molar-refractivity contribution in [3.05, 3.63) is 6.07 Å². The molecule has 3 rings (SSSR count). The highest BCUT2D eigenvalue weighted by atomic mass is 32.1. The molecule has 2 N–H and O–H groups in total. The Morgan fingerprint density at radius 1 is 1.11 bits per heavy atom. The van der Waals surface area contributed by atoms with Crippen LogP contribution in [0, 0.1) is 11.8 Å². The van der Waals surface area contributed by atoms with Crippen LogP contribution in [0.3, 0.4) is 0 Å². The molecule has 8 heteroatoms. The predicted molar refractivity (Wildman–Crippen MR) is 115 cm³/mol. The van der Waals surface area contributed by atoms with Crippen LogP contribution in [-0.2, 0) is 4.74 Å². The quantitative estimate of drug-likeness (QED) is 0.758. The summed E-state index contributed by atoms with van der Waals surface area (Å²) in [5, 5.41) is 6.92. The summed E-state index contributed by atoms with van der Waals surface area (Å²) in [6, 6.07) is 2.37. The summed E-state index contributed by atoms with van der Waals surface area (Å²) in [7, 11) is 0. The average molecular weight is 393 g/mol. The van der Waals surface area contributed by atoms with E-state index in [1.807, 2.05) is 0 Å². The Kier molecular flexibility index (Phi) is 6.70. The maximum absolute atomic E-state index is 5.49. The molecule has 0 saturated carbocycles. The minimum Gasteiger partial charge on any atom is -0.378 e. The van der Waals surface area contributed by atoms with Crippen LogP contribution < -0.4 is 20.4 Å². The summed E-state index contributed by atoms with van der Waals surface area (Å²) in [5.41, 5.74) is 0. The number of morpholine rings is 1. The van der Waals surface area contributed by atoms with E-state index in [1.54, 1.807) is 0 Å². The van der Waals surface area contributed by atoms with E-state index in [-0.39, 0.29) is 6.04 Å². The predicted octanol–water partition coefficient (Wildman–Crippen LogP) is 2.49. The number of piperidine rings is 1. The van der Waals surface area contributed by atoms with E-state index in [0.29, 0.717) is 22.9 Å². The van der Waals surface area contributed by atoms with Gasteiger partial charge in [-0.2, -0.15) is 9.97 Å². The first-order valence-electron chi connectivity index (χ1n) is 9.95. The SMILES string of the molecule is CC(C)NC(=S)Nc1nc(N2CCOCC2)cc(N2C[C@@H](C)C[C@H](C)C2)n1. The van der Waals surface area contributed by atoms with Gasteiger partial charge >= 0.3 is 0 Å². The van der Waals surface area contributed by atoms with Gasteiger partial charge in [-0.3, -0.25) is 0 Å². The van der Waals surface area contributed by atoms with Gasteiger partial charge in [-0.15, -0.1) is 0 Å². The van der Waals surface area contributed by atoms with Gasteiger partial charge in [0.2, 0.25) is 5.95 Å². The van der Waals surface area contributed by atoms with E-state index < -0.39 is 0 Å². The molecule has 0 aliphatic carbocycles. The molecule has 2 saturated heterocycles. The molecule has 0 radical (unpaired) electrons. The molecule has 2 aliphatic heterocycles. The van der Waals surface area contributed by atoms with Crippen molar-refractivity contribution in [2.45, 2.75) is 40.2 Å². The smallest absolute Gasteiger partial charge is 0.232 e. The first-order valence-corrected chi connectivity index (χ1v) is 10.4. The lowest BCUT2D eigenvalue weighted by atomic mass is 9.92. The van der Waals surface area contributed by atoms with Crippen molar-refractivity contribution >= 4 is 34.9 Å². The standard InChI is InChI=1S/C19H32N6OS/c1-13(2)20-19(27)23-18-21-16(24-5-7-26-8-6-24)10-17(22-18)25-11-14(3)9-15(4)12-25/h10,13-15H,5-9,11-12H2,1-4H3,(H2,20,21,22,23,27)/t14-,15-/m0/s1. The molecule has 7 nitrogen and oxygen atoms in total. The molecule has 2 aliphatic rings. The van der Waals surface area contributed by atoms with Crippen LogP contribution in [-0.4, -0.2) is 60.5 Å². The molecule has 2 fully saturated rings. The Bertz CT molecular complexity index is 639. The molecule has 0 bridgehead atoms. The Hall–Kier alpha value is -1.67. The van der Waals surface area contributed by atoms with Crippen molar-refractivity contribution in [1.82, 2.24) is 15.3 Å². The van der Waals surface area contributed by atoms with E-state index in [1.165, 1.54) is 6.42 Å². The van der Waals surface area contributed by atoms with Gasteiger partial charge in [0.1, 0.15) is 11.6 Å². The summed E-state index contributed by atoms with van der Waals surface area (Å²) in [5.74, 6) is 3.79. The van der Waals surface area contributed by atoms with E-state index in [4.69, 9.17) is 26.9 Å². The third-order valence-corrected chi connectivity index (χ3v) is 5.09. The lowest BCUT2D eigenvalue weighted by Gasteiger charge is -2.36. The number of nitrogens with one attached hydrogen (secondary N) is 2. The molecule has 0 spiro atoms. The van der Waals surface area contributed by atoms with E-state index in [0.717, 1.165) is 51.0 Å². The van der Waals surface area contributed by atoms with Gasteiger partial charge in [0.05, 0.1) is 13.2 Å². The van der Waals surface area contributed by atoms with Crippen LogP contribution in [0.1, 0.15) is 34.1 Å². The van der Waals surface area contributed by atoms with Crippen molar-refractivity contribution in [2.24, 2.45) is 11.8 Å². The Morgan fingerprint density at radius 2 is 1.70 bits per heavy atom. The number of anilines is 3. The summed E-state index contributed by atoms with van der Waals surface area (Å²) >= 11 is 5.40. The van der Waals surface area contributed by atoms with E-state index in [2.05, 4.69) is 54.2 Å². The maximum Gasteiger partial charge on any atom is 0.232 e. The van der Waals surface area contributed by atoms with Crippen LogP contribution in [0.25, 0.3) is 0 Å². The molecule has 1 aromatic rings. The fourth-order valence-corrected chi connectivity index (χ4v) is 4.17. The van der Waals surface area contributed by atoms with Crippen molar-refractivity contribution in [2.75, 3.05) is 54.5 Å². The fraction of sp³-hybridized carbons (Fsp3) is 0.737. The van der Waals surface area contributed by atoms with Gasteiger partial charge in [0, 0.05) is 38.3 Å². The van der Waals surface area contributed by atoms with Crippen LogP contribution in [0.15, 0.2) is 6.07 Å². The highest BCUT2D eigenvalue weighted by Crippen LogP contribution is 2.28. The number of nitrogens with zero attached hydrogens (tertiary/aromatic N) is 4. The molecule has 3 heterocycles. The zero-order valence-corrected chi connectivity index (χ0v) is 17.7. The Labute approximate surface area is 167 Å². The Balaban J connectivity index is 1.86. The molecule has 150 valence electrons. The number of hydrogen-bond donors (Lipinski definition) is 2. The summed E-state index contributed by atoms with van der Waals surface area (Å²) in [4.78, 5) is 14.2. The van der Waals surface area contributed by atoms with Crippen LogP contribution >= 0.6 is 12.2 Å². The molecule has 0 aromatic carbocycles. The van der Waals surface area contributed by atoms with Crippen molar-refractivity contribution in [1.29, 1.82) is 0 Å². The highest BCUT2D eigenvalue weighted by molar-refractivity contribution is 7.80. The molecule has 1 aromatic heterocycles. The van der Waals surface area contributed by atoms with Gasteiger partial charge in [-0.05, 0) is 44.3 Å². The summed E-state index contributed by atoms with van der Waals surface area (Å²) in [6.07, 6.45) is 1.27. The molecule has 2 atom stereocenters. The molecule has 0 amide bonds. The van der Waals surface area contributed by atoms with Gasteiger partial charge in [0.25, 0.3) is 0 Å². The van der Waals surface area contributed by atoms with Crippen molar-refractivity contribution in [3.63, 3.8) is 0 Å². The number of hydrogen-bond acceptors (Lipinski definition) is 6. The average Bonchev–Trinajstić information content (AvgIpc) is 2.60. The largest absolute Gasteiger partial charge is 0.378 e. The van der Waals surface area contributed by atoms with E-state index >= 15 is 0 Å². The van der Waals surface area contributed by atoms with E-state index in [9.17, 15) is 0 Å². The first-order chi connectivity index (χ1) is 12.9. The molecular formula is C19H32N6OS. The van der Waals surface area contributed by atoms with Crippen LogP contribution in [0.5, 0.6) is 0 Å². The van der Waals surface area contributed by atoms with Gasteiger partial charge in [-0.1, -0.05) is 13.8 Å². The van der Waals surface area contributed by atoms with Crippen molar-refractivity contribution in [3.8, 4) is 0 Å². The summed E-state index contributed by atoms with van der Waals surface area (Å²) < 4.78 is 5.49. The number of ether oxygens (including phenoxy) is 1. The fourth-order valence-electron chi connectivity index (χ4n) is 3.84. The first kappa shape index (κ1) is 20.1. The second kappa shape index (κ2) is 9.01. The Morgan fingerprint density at radius 3 is 2.30 bits per heavy atom. The number of rotatable bonds is 4. The number of thiocarbonyl (C=S) groups is 1. The van der Waals surface area contributed by atoms with Crippen LogP contribution in [0.2, 0.25) is 0 Å². The maximum atomic E-state index is 5.49. The molecule has 27 heavy (non-hydrogen) atoms. The second-order valence-electron chi connectivity index (χ2n) is 8.11. The van der Waals surface area contributed by atoms with Crippen LogP contribution in [0.4, 0.5) is 17.6 Å². The van der Waals surface area contributed by atoms with Gasteiger partial charge in [-0.25, -0.2) is 0 Å². The second-order valence-corrected chi connectivity index (χ2v) is 8.52. The normalized spacial score (nSPS) is 23.4. The monoisotopic (exact) mass is 392 g/mol. The molecular weight excluding hydrogens is 360 g/mol. The lowest BCUT2D eigenvalue weighted by Crippen LogP contribution is -2.40. The third-order valence-electron chi connectivity index (χ3n) is 4.87. The minimum atomic E-state index is 0.260. The number of aromatic nitrogens is 2. The van der Waals surface area contributed by atoms with Gasteiger partial charge in [0.15, 0.2) is 5.11 Å².